The lowest BCUT2D eigenvalue weighted by Gasteiger charge is -2.11. The zero-order chi connectivity index (χ0) is 12.1. The SMILES string of the molecule is CCCc1ccc(N)c(CCC2CCCC2)c1. The van der Waals surface area contributed by atoms with E-state index in [1.807, 2.05) is 0 Å². The van der Waals surface area contributed by atoms with Gasteiger partial charge in [0.2, 0.25) is 0 Å². The first-order valence-corrected chi connectivity index (χ1v) is 7.17. The van der Waals surface area contributed by atoms with Crippen LogP contribution in [0.25, 0.3) is 0 Å². The first-order chi connectivity index (χ1) is 8.29. The van der Waals surface area contributed by atoms with Crippen molar-refractivity contribution < 1.29 is 0 Å². The molecule has 0 radical (unpaired) electrons. The number of nitrogens with two attached hydrogens (primary N) is 1. The third-order valence-corrected chi connectivity index (χ3v) is 4.04. The van der Waals surface area contributed by atoms with Crippen LogP contribution in [0.1, 0.15) is 56.6 Å². The minimum Gasteiger partial charge on any atom is -0.399 e. The Morgan fingerprint density at radius 1 is 1.18 bits per heavy atom. The molecule has 94 valence electrons. The molecule has 0 aliphatic heterocycles. The van der Waals surface area contributed by atoms with E-state index in [9.17, 15) is 0 Å². The van der Waals surface area contributed by atoms with E-state index in [2.05, 4.69) is 25.1 Å². The molecule has 1 heteroatoms. The lowest BCUT2D eigenvalue weighted by atomic mass is 9.95. The number of benzene rings is 1. The van der Waals surface area contributed by atoms with Gasteiger partial charge in [0.15, 0.2) is 0 Å². The molecule has 1 fully saturated rings. The topological polar surface area (TPSA) is 26.0 Å². The van der Waals surface area contributed by atoms with Crippen molar-refractivity contribution in [2.75, 3.05) is 5.73 Å². The van der Waals surface area contributed by atoms with Gasteiger partial charge >= 0.3 is 0 Å². The quantitative estimate of drug-likeness (QED) is 0.749. The van der Waals surface area contributed by atoms with Crippen LogP contribution in [0.5, 0.6) is 0 Å². The van der Waals surface area contributed by atoms with Crippen LogP contribution >= 0.6 is 0 Å². The van der Waals surface area contributed by atoms with Gasteiger partial charge in [-0.3, -0.25) is 0 Å². The Balaban J connectivity index is 1.95. The van der Waals surface area contributed by atoms with Crippen molar-refractivity contribution in [3.05, 3.63) is 29.3 Å². The van der Waals surface area contributed by atoms with E-state index in [-0.39, 0.29) is 0 Å². The van der Waals surface area contributed by atoms with Crippen molar-refractivity contribution in [2.45, 2.75) is 58.3 Å². The van der Waals surface area contributed by atoms with E-state index in [1.165, 1.54) is 62.5 Å². The summed E-state index contributed by atoms with van der Waals surface area (Å²) in [6, 6.07) is 6.60. The van der Waals surface area contributed by atoms with E-state index >= 15 is 0 Å². The molecule has 0 aromatic heterocycles. The van der Waals surface area contributed by atoms with Crippen molar-refractivity contribution in [3.8, 4) is 0 Å². The Kier molecular flexibility index (Phi) is 4.47. The second-order valence-corrected chi connectivity index (χ2v) is 5.47. The molecular weight excluding hydrogens is 206 g/mol. The summed E-state index contributed by atoms with van der Waals surface area (Å²) in [5.41, 5.74) is 9.88. The van der Waals surface area contributed by atoms with Gasteiger partial charge in [0.05, 0.1) is 0 Å². The standard InChI is InChI=1S/C16H25N/c1-2-5-14-9-11-16(17)15(12-14)10-8-13-6-3-4-7-13/h9,11-13H,2-8,10,17H2,1H3. The Hall–Kier alpha value is -0.980. The largest absolute Gasteiger partial charge is 0.399 e. The molecule has 1 aliphatic carbocycles. The number of nitrogen functional groups attached to an aromatic ring is 1. The highest BCUT2D eigenvalue weighted by atomic mass is 14.6. The lowest BCUT2D eigenvalue weighted by molar-refractivity contribution is 0.504. The van der Waals surface area contributed by atoms with E-state index in [1.54, 1.807) is 0 Å². The molecule has 0 spiro atoms. The van der Waals surface area contributed by atoms with E-state index in [4.69, 9.17) is 5.73 Å². The highest BCUT2D eigenvalue weighted by Gasteiger charge is 2.15. The number of hydrogen-bond acceptors (Lipinski definition) is 1. The number of rotatable bonds is 5. The average Bonchev–Trinajstić information content (AvgIpc) is 2.83. The van der Waals surface area contributed by atoms with Gasteiger partial charge in [0, 0.05) is 5.69 Å². The highest BCUT2D eigenvalue weighted by molar-refractivity contribution is 5.48. The lowest BCUT2D eigenvalue weighted by Crippen LogP contribution is -2.01. The maximum Gasteiger partial charge on any atom is 0.0346 e. The third-order valence-electron chi connectivity index (χ3n) is 4.04. The van der Waals surface area contributed by atoms with Crippen molar-refractivity contribution in [1.29, 1.82) is 0 Å². The summed E-state index contributed by atoms with van der Waals surface area (Å²) in [6.07, 6.45) is 10.7. The van der Waals surface area contributed by atoms with E-state index < -0.39 is 0 Å². The van der Waals surface area contributed by atoms with Gasteiger partial charge in [-0.05, 0) is 42.4 Å². The molecule has 0 saturated heterocycles. The van der Waals surface area contributed by atoms with Gasteiger partial charge in [-0.1, -0.05) is 51.2 Å². The van der Waals surface area contributed by atoms with Gasteiger partial charge in [-0.25, -0.2) is 0 Å². The van der Waals surface area contributed by atoms with Crippen LogP contribution in [-0.4, -0.2) is 0 Å². The Morgan fingerprint density at radius 2 is 1.94 bits per heavy atom. The monoisotopic (exact) mass is 231 g/mol. The van der Waals surface area contributed by atoms with Crippen LogP contribution in [0.2, 0.25) is 0 Å². The van der Waals surface area contributed by atoms with Crippen LogP contribution in [0.4, 0.5) is 5.69 Å². The third kappa shape index (κ3) is 3.49. The van der Waals surface area contributed by atoms with E-state index in [0.29, 0.717) is 0 Å². The van der Waals surface area contributed by atoms with Crippen molar-refractivity contribution >= 4 is 5.69 Å². The van der Waals surface area contributed by atoms with Gasteiger partial charge < -0.3 is 5.73 Å². The summed E-state index contributed by atoms with van der Waals surface area (Å²) in [7, 11) is 0. The maximum absolute atomic E-state index is 6.07. The molecule has 1 nitrogen and oxygen atoms in total. The minimum atomic E-state index is 0.962. The molecule has 17 heavy (non-hydrogen) atoms. The van der Waals surface area contributed by atoms with Crippen molar-refractivity contribution in [1.82, 2.24) is 0 Å². The number of aryl methyl sites for hydroxylation is 2. The maximum atomic E-state index is 6.07. The predicted molar refractivity (Wildman–Crippen MR) is 75.1 cm³/mol. The molecule has 0 heterocycles. The van der Waals surface area contributed by atoms with Gasteiger partial charge in [-0.15, -0.1) is 0 Å². The molecule has 0 atom stereocenters. The first kappa shape index (κ1) is 12.5. The second kappa shape index (κ2) is 6.09. The number of anilines is 1. The van der Waals surface area contributed by atoms with Crippen molar-refractivity contribution in [2.24, 2.45) is 5.92 Å². The Bertz CT molecular complexity index is 351. The van der Waals surface area contributed by atoms with Crippen molar-refractivity contribution in [3.63, 3.8) is 0 Å². The molecular formula is C16H25N. The van der Waals surface area contributed by atoms with Crippen LogP contribution in [0.3, 0.4) is 0 Å². The minimum absolute atomic E-state index is 0.962. The summed E-state index contributed by atoms with van der Waals surface area (Å²) in [6.45, 7) is 2.23. The van der Waals surface area contributed by atoms with E-state index in [0.717, 1.165) is 11.6 Å². The van der Waals surface area contributed by atoms with Gasteiger partial charge in [0.1, 0.15) is 0 Å². The van der Waals surface area contributed by atoms with Crippen LogP contribution < -0.4 is 5.73 Å². The van der Waals surface area contributed by atoms with Crippen LogP contribution in [-0.2, 0) is 12.8 Å². The molecule has 1 saturated carbocycles. The molecule has 0 bridgehead atoms. The van der Waals surface area contributed by atoms with Crippen LogP contribution in [0.15, 0.2) is 18.2 Å². The molecule has 2 N–H and O–H groups in total. The molecule has 0 amide bonds. The fourth-order valence-electron chi connectivity index (χ4n) is 2.98. The molecule has 0 unspecified atom stereocenters. The first-order valence-electron chi connectivity index (χ1n) is 7.17. The molecule has 2 rings (SSSR count). The summed E-state index contributed by atoms with van der Waals surface area (Å²) >= 11 is 0. The normalized spacial score (nSPS) is 16.5. The fourth-order valence-corrected chi connectivity index (χ4v) is 2.98. The fraction of sp³-hybridized carbons (Fsp3) is 0.625. The number of hydrogen-bond donors (Lipinski definition) is 1. The summed E-state index contributed by atoms with van der Waals surface area (Å²) in [4.78, 5) is 0. The van der Waals surface area contributed by atoms with Crippen LogP contribution in [0, 0.1) is 5.92 Å². The zero-order valence-electron chi connectivity index (χ0n) is 11.0. The molecule has 1 aromatic rings. The summed E-state index contributed by atoms with van der Waals surface area (Å²) in [5, 5.41) is 0. The Morgan fingerprint density at radius 3 is 2.65 bits per heavy atom. The zero-order valence-corrected chi connectivity index (χ0v) is 11.0. The summed E-state index contributed by atoms with van der Waals surface area (Å²) in [5.74, 6) is 0.962. The summed E-state index contributed by atoms with van der Waals surface area (Å²) < 4.78 is 0. The average molecular weight is 231 g/mol. The molecule has 1 aliphatic rings. The second-order valence-electron chi connectivity index (χ2n) is 5.47. The predicted octanol–water partition coefficient (Wildman–Crippen LogP) is 4.34. The van der Waals surface area contributed by atoms with Gasteiger partial charge in [-0.2, -0.15) is 0 Å². The highest BCUT2D eigenvalue weighted by Crippen LogP contribution is 2.29. The Labute approximate surface area is 105 Å². The molecule has 1 aromatic carbocycles. The smallest absolute Gasteiger partial charge is 0.0346 e. The van der Waals surface area contributed by atoms with Gasteiger partial charge in [0.25, 0.3) is 0 Å².